The molecule has 0 spiro atoms. The van der Waals surface area contributed by atoms with Gasteiger partial charge in [-0.25, -0.2) is 18.3 Å². The predicted molar refractivity (Wildman–Crippen MR) is 128 cm³/mol. The van der Waals surface area contributed by atoms with Crippen molar-refractivity contribution in [3.05, 3.63) is 82.6 Å². The molecule has 2 aromatic carbocycles. The smallest absolute Gasteiger partial charge is 0.283 e. The van der Waals surface area contributed by atoms with Gasteiger partial charge in [0, 0.05) is 16.9 Å². The number of rotatable bonds is 7. The van der Waals surface area contributed by atoms with Crippen LogP contribution in [0, 0.1) is 0 Å². The minimum Gasteiger partial charge on any atom is -0.495 e. The Morgan fingerprint density at radius 3 is 2.35 bits per heavy atom. The molecule has 2 amide bonds. The summed E-state index contributed by atoms with van der Waals surface area (Å²) >= 11 is 12.2. The van der Waals surface area contributed by atoms with Crippen LogP contribution >= 0.6 is 23.2 Å². The minimum atomic E-state index is -3.88. The van der Waals surface area contributed by atoms with Crippen molar-refractivity contribution >= 4 is 62.2 Å². The monoisotopic (exact) mass is 518 g/mol. The van der Waals surface area contributed by atoms with Crippen molar-refractivity contribution in [1.82, 2.24) is 4.98 Å². The van der Waals surface area contributed by atoms with Crippen LogP contribution < -0.4 is 19.7 Å². The predicted octanol–water partition coefficient (Wildman–Crippen LogP) is 3.98. The standard InChI is InChI=1S/C22H16Cl2N4O5S/c1-33-17-10-5-13(23)12-16(17)28-21(29)19(24)20(22(28)30)26-14-6-8-15(9-7-14)34(31,32)27-18-4-2-3-11-25-18/h2-12,26H,1H3,(H,25,27). The summed E-state index contributed by atoms with van der Waals surface area (Å²) in [5.74, 6) is -1.04. The topological polar surface area (TPSA) is 118 Å². The minimum absolute atomic E-state index is 0.0251. The summed E-state index contributed by atoms with van der Waals surface area (Å²) < 4.78 is 32.7. The number of pyridine rings is 1. The fraction of sp³-hybridized carbons (Fsp3) is 0.0455. The van der Waals surface area contributed by atoms with E-state index in [2.05, 4.69) is 15.0 Å². The number of carbonyl (C=O) groups is 2. The lowest BCUT2D eigenvalue weighted by Crippen LogP contribution is -2.32. The van der Waals surface area contributed by atoms with Gasteiger partial charge in [-0.05, 0) is 54.6 Å². The fourth-order valence-corrected chi connectivity index (χ4v) is 4.54. The number of halogens is 2. The number of methoxy groups -OCH3 is 1. The van der Waals surface area contributed by atoms with Gasteiger partial charge in [0.2, 0.25) is 0 Å². The maximum atomic E-state index is 13.0. The van der Waals surface area contributed by atoms with Gasteiger partial charge in [0.15, 0.2) is 0 Å². The zero-order valence-electron chi connectivity index (χ0n) is 17.5. The van der Waals surface area contributed by atoms with Crippen LogP contribution in [0.2, 0.25) is 5.02 Å². The van der Waals surface area contributed by atoms with E-state index in [1.165, 1.54) is 55.8 Å². The Morgan fingerprint density at radius 2 is 1.71 bits per heavy atom. The number of amides is 2. The van der Waals surface area contributed by atoms with Gasteiger partial charge in [-0.3, -0.25) is 14.3 Å². The van der Waals surface area contributed by atoms with Gasteiger partial charge < -0.3 is 10.1 Å². The molecule has 0 saturated carbocycles. The molecule has 0 fully saturated rings. The highest BCUT2D eigenvalue weighted by Gasteiger charge is 2.40. The number of imide groups is 1. The number of ether oxygens (including phenoxy) is 1. The number of sulfonamides is 1. The average Bonchev–Trinajstić information content (AvgIpc) is 3.02. The van der Waals surface area contributed by atoms with E-state index in [1.807, 2.05) is 0 Å². The highest BCUT2D eigenvalue weighted by molar-refractivity contribution is 7.92. The maximum absolute atomic E-state index is 13.0. The quantitative estimate of drug-likeness (QED) is 0.454. The molecule has 0 atom stereocenters. The zero-order chi connectivity index (χ0) is 24.5. The van der Waals surface area contributed by atoms with Crippen LogP contribution in [0.1, 0.15) is 0 Å². The molecule has 0 bridgehead atoms. The van der Waals surface area contributed by atoms with Crippen LogP contribution in [0.15, 0.2) is 82.5 Å². The second-order valence-corrected chi connectivity index (χ2v) is 9.42. The summed E-state index contributed by atoms with van der Waals surface area (Å²) in [6, 6.07) is 14.9. The molecule has 1 aliphatic heterocycles. The van der Waals surface area contributed by atoms with E-state index in [1.54, 1.807) is 18.2 Å². The second-order valence-electron chi connectivity index (χ2n) is 6.92. The number of aromatic nitrogens is 1. The third-order valence-corrected chi connectivity index (χ3v) is 6.70. The molecule has 0 radical (unpaired) electrons. The number of hydrogen-bond acceptors (Lipinski definition) is 7. The summed E-state index contributed by atoms with van der Waals surface area (Å²) in [7, 11) is -2.49. The lowest BCUT2D eigenvalue weighted by atomic mass is 10.2. The van der Waals surface area contributed by atoms with E-state index in [0.717, 1.165) is 4.90 Å². The number of hydrogen-bond donors (Lipinski definition) is 2. The number of anilines is 3. The Kier molecular flexibility index (Phi) is 6.47. The number of nitrogens with one attached hydrogen (secondary N) is 2. The molecule has 2 N–H and O–H groups in total. The van der Waals surface area contributed by atoms with Crippen molar-refractivity contribution in [2.24, 2.45) is 0 Å². The van der Waals surface area contributed by atoms with E-state index >= 15 is 0 Å². The van der Waals surface area contributed by atoms with Gasteiger partial charge in [0.05, 0.1) is 17.7 Å². The summed E-state index contributed by atoms with van der Waals surface area (Å²) in [4.78, 5) is 30.5. The first-order valence-corrected chi connectivity index (χ1v) is 11.9. The van der Waals surface area contributed by atoms with E-state index in [9.17, 15) is 18.0 Å². The SMILES string of the molecule is COc1ccc(Cl)cc1N1C(=O)C(Cl)=C(Nc2ccc(S(=O)(=O)Nc3ccccn3)cc2)C1=O. The van der Waals surface area contributed by atoms with E-state index in [0.29, 0.717) is 10.7 Å². The molecule has 2 heterocycles. The Bertz CT molecular complexity index is 1410. The molecule has 34 heavy (non-hydrogen) atoms. The van der Waals surface area contributed by atoms with E-state index in [4.69, 9.17) is 27.9 Å². The van der Waals surface area contributed by atoms with E-state index < -0.39 is 21.8 Å². The lowest BCUT2D eigenvalue weighted by Gasteiger charge is -2.18. The van der Waals surface area contributed by atoms with Crippen molar-refractivity contribution in [3.8, 4) is 5.75 Å². The maximum Gasteiger partial charge on any atom is 0.283 e. The molecule has 1 aliphatic rings. The van der Waals surface area contributed by atoms with Crippen molar-refractivity contribution in [2.45, 2.75) is 4.90 Å². The zero-order valence-corrected chi connectivity index (χ0v) is 19.8. The van der Waals surface area contributed by atoms with Crippen LogP contribution in [0.25, 0.3) is 0 Å². The Hall–Kier alpha value is -3.60. The molecule has 1 aromatic heterocycles. The van der Waals surface area contributed by atoms with Gasteiger partial charge in [0.1, 0.15) is 22.3 Å². The Labute approximate surface area is 205 Å². The van der Waals surface area contributed by atoms with Crippen molar-refractivity contribution in [3.63, 3.8) is 0 Å². The summed E-state index contributed by atoms with van der Waals surface area (Å²) in [5.41, 5.74) is 0.309. The van der Waals surface area contributed by atoms with Crippen molar-refractivity contribution in [2.75, 3.05) is 22.0 Å². The number of nitrogens with zero attached hydrogens (tertiary/aromatic N) is 2. The van der Waals surface area contributed by atoms with Crippen molar-refractivity contribution < 1.29 is 22.7 Å². The Morgan fingerprint density at radius 1 is 0.971 bits per heavy atom. The lowest BCUT2D eigenvalue weighted by molar-refractivity contribution is -0.120. The largest absolute Gasteiger partial charge is 0.495 e. The molecule has 12 heteroatoms. The molecular formula is C22H16Cl2N4O5S. The average molecular weight is 519 g/mol. The highest BCUT2D eigenvalue weighted by Crippen LogP contribution is 2.37. The van der Waals surface area contributed by atoms with Crippen LogP contribution in [0.3, 0.4) is 0 Å². The summed E-state index contributed by atoms with van der Waals surface area (Å²) in [6.07, 6.45) is 1.46. The van der Waals surface area contributed by atoms with Gasteiger partial charge in [0.25, 0.3) is 21.8 Å². The number of benzene rings is 2. The summed E-state index contributed by atoms with van der Waals surface area (Å²) in [5, 5.41) is 2.75. The molecule has 0 unspecified atom stereocenters. The molecule has 0 aliphatic carbocycles. The van der Waals surface area contributed by atoms with Gasteiger partial charge in [-0.15, -0.1) is 0 Å². The van der Waals surface area contributed by atoms with Crippen LogP contribution in [-0.4, -0.2) is 32.3 Å². The molecule has 4 rings (SSSR count). The van der Waals surface area contributed by atoms with E-state index in [-0.39, 0.29) is 32.9 Å². The first-order chi connectivity index (χ1) is 16.2. The second kappa shape index (κ2) is 9.34. The third kappa shape index (κ3) is 4.56. The first-order valence-electron chi connectivity index (χ1n) is 9.64. The summed E-state index contributed by atoms with van der Waals surface area (Å²) in [6.45, 7) is 0. The van der Waals surface area contributed by atoms with Crippen LogP contribution in [-0.2, 0) is 19.6 Å². The van der Waals surface area contributed by atoms with Gasteiger partial charge >= 0.3 is 0 Å². The van der Waals surface area contributed by atoms with Gasteiger partial charge in [-0.2, -0.15) is 0 Å². The number of carbonyl (C=O) groups excluding carboxylic acids is 2. The Balaban J connectivity index is 1.56. The fourth-order valence-electron chi connectivity index (χ4n) is 3.15. The first kappa shape index (κ1) is 23.6. The van der Waals surface area contributed by atoms with Crippen molar-refractivity contribution in [1.29, 1.82) is 0 Å². The molecular weight excluding hydrogens is 503 g/mol. The molecule has 0 saturated heterocycles. The van der Waals surface area contributed by atoms with Gasteiger partial charge in [-0.1, -0.05) is 29.3 Å². The molecule has 3 aromatic rings. The van der Waals surface area contributed by atoms with Crippen LogP contribution in [0.4, 0.5) is 17.2 Å². The normalized spacial score (nSPS) is 13.9. The third-order valence-electron chi connectivity index (χ3n) is 4.75. The highest BCUT2D eigenvalue weighted by atomic mass is 35.5. The molecule has 174 valence electrons. The molecule has 9 nitrogen and oxygen atoms in total. The van der Waals surface area contributed by atoms with Crippen LogP contribution in [0.5, 0.6) is 5.75 Å².